The van der Waals surface area contributed by atoms with Crippen molar-refractivity contribution in [3.8, 4) is 0 Å². The minimum absolute atomic E-state index is 0.429. The van der Waals surface area contributed by atoms with Gasteiger partial charge in [0, 0.05) is 24.3 Å². The van der Waals surface area contributed by atoms with Crippen molar-refractivity contribution in [3.63, 3.8) is 0 Å². The van der Waals surface area contributed by atoms with Gasteiger partial charge in [-0.15, -0.1) is 0 Å². The van der Waals surface area contributed by atoms with Crippen LogP contribution in [0, 0.1) is 12.8 Å². The molecule has 0 fully saturated rings. The summed E-state index contributed by atoms with van der Waals surface area (Å²) in [5, 5.41) is 6.58. The van der Waals surface area contributed by atoms with E-state index in [9.17, 15) is 0 Å². The summed E-state index contributed by atoms with van der Waals surface area (Å²) >= 11 is 0. The Morgan fingerprint density at radius 2 is 2.00 bits per heavy atom. The van der Waals surface area contributed by atoms with Gasteiger partial charge in [0.15, 0.2) is 0 Å². The summed E-state index contributed by atoms with van der Waals surface area (Å²) < 4.78 is 0. The maximum absolute atomic E-state index is 4.48. The molecule has 0 amide bonds. The predicted octanol–water partition coefficient (Wildman–Crippen LogP) is 3.06. The fourth-order valence-electron chi connectivity index (χ4n) is 1.83. The van der Waals surface area contributed by atoms with E-state index in [0.717, 1.165) is 24.3 Å². The Labute approximate surface area is 104 Å². The molecule has 1 aromatic rings. The largest absolute Gasteiger partial charge is 0.367 e. The van der Waals surface area contributed by atoms with Crippen LogP contribution in [0.3, 0.4) is 0 Å². The number of rotatable bonds is 6. The molecule has 0 bridgehead atoms. The van der Waals surface area contributed by atoms with Gasteiger partial charge in [-0.2, -0.15) is 4.98 Å². The van der Waals surface area contributed by atoms with Crippen LogP contribution >= 0.6 is 0 Å². The van der Waals surface area contributed by atoms with Gasteiger partial charge in [-0.05, 0) is 33.1 Å². The first-order valence-corrected chi connectivity index (χ1v) is 6.37. The zero-order valence-corrected chi connectivity index (χ0v) is 11.5. The topological polar surface area (TPSA) is 49.8 Å². The molecule has 0 spiro atoms. The third kappa shape index (κ3) is 4.59. The van der Waals surface area contributed by atoms with E-state index in [4.69, 9.17) is 0 Å². The van der Waals surface area contributed by atoms with Gasteiger partial charge < -0.3 is 10.6 Å². The molecule has 1 aromatic heterocycles. The normalized spacial score (nSPS) is 12.6. The predicted molar refractivity (Wildman–Crippen MR) is 73.5 cm³/mol. The lowest BCUT2D eigenvalue weighted by Gasteiger charge is -2.18. The van der Waals surface area contributed by atoms with Crippen LogP contribution in [-0.2, 0) is 0 Å². The number of aryl methyl sites for hydroxylation is 1. The molecule has 0 aliphatic carbocycles. The number of nitrogens with zero attached hydrogens (tertiary/aromatic N) is 2. The van der Waals surface area contributed by atoms with Gasteiger partial charge in [-0.25, -0.2) is 4.98 Å². The summed E-state index contributed by atoms with van der Waals surface area (Å²) in [5.74, 6) is 2.31. The highest BCUT2D eigenvalue weighted by atomic mass is 15.1. The Morgan fingerprint density at radius 1 is 1.29 bits per heavy atom. The molecule has 4 nitrogen and oxygen atoms in total. The summed E-state index contributed by atoms with van der Waals surface area (Å²) in [5.41, 5.74) is 1.09. The van der Waals surface area contributed by atoms with Crippen LogP contribution in [-0.4, -0.2) is 22.6 Å². The SMILES string of the molecule is CCNc1ncc(C)c(NC(C)CC(C)C)n1. The van der Waals surface area contributed by atoms with E-state index in [-0.39, 0.29) is 0 Å². The standard InChI is InChI=1S/C13H24N4/c1-6-14-13-15-8-10(4)12(17-13)16-11(5)7-9(2)3/h8-9,11H,6-7H2,1-5H3,(H2,14,15,16,17). The molecule has 0 aromatic carbocycles. The van der Waals surface area contributed by atoms with Gasteiger partial charge in [-0.1, -0.05) is 13.8 Å². The Morgan fingerprint density at radius 3 is 2.59 bits per heavy atom. The monoisotopic (exact) mass is 236 g/mol. The van der Waals surface area contributed by atoms with E-state index in [0.29, 0.717) is 17.9 Å². The number of anilines is 2. The molecule has 96 valence electrons. The van der Waals surface area contributed by atoms with Gasteiger partial charge >= 0.3 is 0 Å². The van der Waals surface area contributed by atoms with Crippen molar-refractivity contribution in [2.45, 2.75) is 47.1 Å². The van der Waals surface area contributed by atoms with E-state index in [1.54, 1.807) is 0 Å². The maximum Gasteiger partial charge on any atom is 0.224 e. The fraction of sp³-hybridized carbons (Fsp3) is 0.692. The molecular formula is C13H24N4. The summed E-state index contributed by atoms with van der Waals surface area (Å²) in [7, 11) is 0. The second kappa shape index (κ2) is 6.42. The molecule has 0 aliphatic rings. The summed E-state index contributed by atoms with van der Waals surface area (Å²) in [4.78, 5) is 8.71. The fourth-order valence-corrected chi connectivity index (χ4v) is 1.83. The quantitative estimate of drug-likeness (QED) is 0.797. The molecule has 0 aliphatic heterocycles. The first kappa shape index (κ1) is 13.7. The molecule has 1 unspecified atom stereocenters. The lowest BCUT2D eigenvalue weighted by molar-refractivity contribution is 0.538. The van der Waals surface area contributed by atoms with Crippen LogP contribution in [0.1, 0.15) is 39.7 Å². The first-order chi connectivity index (χ1) is 8.02. The van der Waals surface area contributed by atoms with Crippen LogP contribution in [0.5, 0.6) is 0 Å². The lowest BCUT2D eigenvalue weighted by Crippen LogP contribution is -2.19. The zero-order valence-electron chi connectivity index (χ0n) is 11.5. The average Bonchev–Trinajstić information content (AvgIpc) is 2.22. The summed E-state index contributed by atoms with van der Waals surface area (Å²) in [6.07, 6.45) is 3.00. The van der Waals surface area contributed by atoms with Crippen LogP contribution in [0.25, 0.3) is 0 Å². The van der Waals surface area contributed by atoms with Gasteiger partial charge in [0.05, 0.1) is 0 Å². The Kier molecular flexibility index (Phi) is 5.19. The first-order valence-electron chi connectivity index (χ1n) is 6.37. The second-order valence-corrected chi connectivity index (χ2v) is 4.93. The van der Waals surface area contributed by atoms with Crippen molar-refractivity contribution < 1.29 is 0 Å². The molecule has 17 heavy (non-hydrogen) atoms. The number of nitrogens with one attached hydrogen (secondary N) is 2. The van der Waals surface area contributed by atoms with Gasteiger partial charge in [0.1, 0.15) is 5.82 Å². The van der Waals surface area contributed by atoms with Crippen molar-refractivity contribution >= 4 is 11.8 Å². The molecule has 0 saturated carbocycles. The van der Waals surface area contributed by atoms with Gasteiger partial charge in [0.2, 0.25) is 5.95 Å². The van der Waals surface area contributed by atoms with Crippen molar-refractivity contribution in [2.75, 3.05) is 17.2 Å². The van der Waals surface area contributed by atoms with Crippen molar-refractivity contribution in [2.24, 2.45) is 5.92 Å². The van der Waals surface area contributed by atoms with Crippen molar-refractivity contribution in [1.82, 2.24) is 9.97 Å². The minimum Gasteiger partial charge on any atom is -0.367 e. The smallest absolute Gasteiger partial charge is 0.224 e. The molecule has 2 N–H and O–H groups in total. The van der Waals surface area contributed by atoms with Crippen molar-refractivity contribution in [3.05, 3.63) is 11.8 Å². The summed E-state index contributed by atoms with van der Waals surface area (Å²) in [6, 6.07) is 0.429. The number of aromatic nitrogens is 2. The van der Waals surface area contributed by atoms with Crippen LogP contribution in [0.2, 0.25) is 0 Å². The van der Waals surface area contributed by atoms with Gasteiger partial charge in [-0.3, -0.25) is 0 Å². The van der Waals surface area contributed by atoms with Gasteiger partial charge in [0.25, 0.3) is 0 Å². The van der Waals surface area contributed by atoms with Crippen LogP contribution in [0.4, 0.5) is 11.8 Å². The Balaban J connectivity index is 2.71. The van der Waals surface area contributed by atoms with E-state index in [2.05, 4.69) is 41.4 Å². The Bertz CT molecular complexity index is 349. The summed E-state index contributed by atoms with van der Waals surface area (Å²) in [6.45, 7) is 11.6. The highest BCUT2D eigenvalue weighted by molar-refractivity contribution is 5.46. The highest BCUT2D eigenvalue weighted by Gasteiger charge is 2.08. The van der Waals surface area contributed by atoms with E-state index < -0.39 is 0 Å². The molecule has 1 rings (SSSR count). The third-order valence-corrected chi connectivity index (χ3v) is 2.51. The van der Waals surface area contributed by atoms with E-state index in [1.807, 2.05) is 20.0 Å². The lowest BCUT2D eigenvalue weighted by atomic mass is 10.1. The third-order valence-electron chi connectivity index (χ3n) is 2.51. The Hall–Kier alpha value is -1.32. The van der Waals surface area contributed by atoms with Crippen molar-refractivity contribution in [1.29, 1.82) is 0 Å². The van der Waals surface area contributed by atoms with E-state index >= 15 is 0 Å². The molecule has 1 heterocycles. The maximum atomic E-state index is 4.48. The second-order valence-electron chi connectivity index (χ2n) is 4.93. The molecule has 1 atom stereocenters. The number of hydrogen-bond acceptors (Lipinski definition) is 4. The van der Waals surface area contributed by atoms with Crippen LogP contribution in [0.15, 0.2) is 6.20 Å². The molecule has 0 radical (unpaired) electrons. The minimum atomic E-state index is 0.429. The number of hydrogen-bond donors (Lipinski definition) is 2. The average molecular weight is 236 g/mol. The molecular weight excluding hydrogens is 212 g/mol. The molecule has 4 heteroatoms. The van der Waals surface area contributed by atoms with Crippen LogP contribution < -0.4 is 10.6 Å². The molecule has 0 saturated heterocycles. The van der Waals surface area contributed by atoms with E-state index in [1.165, 1.54) is 0 Å². The zero-order chi connectivity index (χ0) is 12.8. The highest BCUT2D eigenvalue weighted by Crippen LogP contribution is 2.16.